The van der Waals surface area contributed by atoms with E-state index in [4.69, 9.17) is 0 Å². The molecule has 3 heterocycles. The highest BCUT2D eigenvalue weighted by molar-refractivity contribution is 5.87. The number of hydrogen-bond donors (Lipinski definition) is 0. The summed E-state index contributed by atoms with van der Waals surface area (Å²) in [5, 5.41) is 0. The standard InChI is InChI=1S/C10H12N4/c1-7-5-14-4-3-8-9(14)10(13(7)2)12-6-11-8/h3-4,6-7H,5H2,1-2H3/t7-/m0/s1. The molecular formula is C10H12N4. The van der Waals surface area contributed by atoms with E-state index in [2.05, 4.69) is 39.6 Å². The number of anilines is 1. The summed E-state index contributed by atoms with van der Waals surface area (Å²) in [5.74, 6) is 1.04. The van der Waals surface area contributed by atoms with Gasteiger partial charge in [0.25, 0.3) is 0 Å². The summed E-state index contributed by atoms with van der Waals surface area (Å²) in [7, 11) is 2.09. The van der Waals surface area contributed by atoms with Crippen LogP contribution in [0.15, 0.2) is 18.6 Å². The van der Waals surface area contributed by atoms with E-state index in [1.807, 2.05) is 6.07 Å². The summed E-state index contributed by atoms with van der Waals surface area (Å²) in [5.41, 5.74) is 2.20. The zero-order chi connectivity index (χ0) is 9.71. The molecule has 0 spiro atoms. The molecule has 14 heavy (non-hydrogen) atoms. The summed E-state index contributed by atoms with van der Waals surface area (Å²) >= 11 is 0. The molecule has 72 valence electrons. The van der Waals surface area contributed by atoms with Gasteiger partial charge in [-0.2, -0.15) is 0 Å². The Labute approximate surface area is 82.2 Å². The predicted octanol–water partition coefficient (Wildman–Crippen LogP) is 1.27. The van der Waals surface area contributed by atoms with E-state index in [0.29, 0.717) is 6.04 Å². The third-order valence-electron chi connectivity index (χ3n) is 2.99. The van der Waals surface area contributed by atoms with E-state index in [0.717, 1.165) is 23.4 Å². The second kappa shape index (κ2) is 2.47. The summed E-state index contributed by atoms with van der Waals surface area (Å²) in [4.78, 5) is 10.8. The number of likely N-dealkylation sites (N-methyl/N-ethyl adjacent to an activating group) is 1. The Morgan fingerprint density at radius 2 is 2.29 bits per heavy atom. The van der Waals surface area contributed by atoms with Crippen LogP contribution in [0.1, 0.15) is 6.92 Å². The molecule has 4 heteroatoms. The molecule has 2 aromatic heterocycles. The van der Waals surface area contributed by atoms with Gasteiger partial charge in [0.15, 0.2) is 5.82 Å². The minimum atomic E-state index is 0.494. The van der Waals surface area contributed by atoms with Crippen LogP contribution in [0.4, 0.5) is 5.82 Å². The number of aromatic nitrogens is 3. The van der Waals surface area contributed by atoms with Gasteiger partial charge in [-0.15, -0.1) is 0 Å². The number of nitrogens with zero attached hydrogens (tertiary/aromatic N) is 4. The first-order valence-corrected chi connectivity index (χ1v) is 4.80. The minimum Gasteiger partial charge on any atom is -0.353 e. The zero-order valence-electron chi connectivity index (χ0n) is 8.31. The van der Waals surface area contributed by atoms with Crippen molar-refractivity contribution >= 4 is 16.9 Å². The van der Waals surface area contributed by atoms with Crippen molar-refractivity contribution in [1.82, 2.24) is 14.5 Å². The molecule has 0 saturated carbocycles. The van der Waals surface area contributed by atoms with Crippen LogP contribution >= 0.6 is 0 Å². The molecule has 0 saturated heterocycles. The second-order valence-electron chi connectivity index (χ2n) is 3.86. The Bertz CT molecular complexity index is 488. The van der Waals surface area contributed by atoms with Gasteiger partial charge in [0.2, 0.25) is 0 Å². The van der Waals surface area contributed by atoms with Crippen LogP contribution in [-0.4, -0.2) is 27.6 Å². The highest BCUT2D eigenvalue weighted by Crippen LogP contribution is 2.28. The molecule has 0 fully saturated rings. The average Bonchev–Trinajstić information content (AvgIpc) is 2.59. The molecule has 0 aliphatic carbocycles. The van der Waals surface area contributed by atoms with Gasteiger partial charge in [0.1, 0.15) is 11.8 Å². The first-order valence-electron chi connectivity index (χ1n) is 4.80. The zero-order valence-corrected chi connectivity index (χ0v) is 8.31. The van der Waals surface area contributed by atoms with Crippen molar-refractivity contribution in [3.63, 3.8) is 0 Å². The van der Waals surface area contributed by atoms with Gasteiger partial charge in [-0.3, -0.25) is 0 Å². The third-order valence-corrected chi connectivity index (χ3v) is 2.99. The largest absolute Gasteiger partial charge is 0.353 e. The van der Waals surface area contributed by atoms with Crippen molar-refractivity contribution in [1.29, 1.82) is 0 Å². The fraction of sp³-hybridized carbons (Fsp3) is 0.400. The third kappa shape index (κ3) is 0.828. The lowest BCUT2D eigenvalue weighted by Crippen LogP contribution is -2.36. The fourth-order valence-electron chi connectivity index (χ4n) is 2.04. The van der Waals surface area contributed by atoms with Crippen molar-refractivity contribution in [3.05, 3.63) is 18.6 Å². The Morgan fingerprint density at radius 1 is 1.43 bits per heavy atom. The Kier molecular flexibility index (Phi) is 1.37. The Hall–Kier alpha value is -1.58. The van der Waals surface area contributed by atoms with Gasteiger partial charge < -0.3 is 9.47 Å². The van der Waals surface area contributed by atoms with E-state index in [1.165, 1.54) is 0 Å². The molecule has 0 N–H and O–H groups in total. The van der Waals surface area contributed by atoms with Crippen LogP contribution < -0.4 is 4.90 Å². The van der Waals surface area contributed by atoms with Crippen LogP contribution in [-0.2, 0) is 6.54 Å². The molecular weight excluding hydrogens is 176 g/mol. The van der Waals surface area contributed by atoms with Gasteiger partial charge in [-0.05, 0) is 13.0 Å². The molecule has 0 amide bonds. The van der Waals surface area contributed by atoms with Crippen molar-refractivity contribution < 1.29 is 0 Å². The molecule has 0 unspecified atom stereocenters. The quantitative estimate of drug-likeness (QED) is 0.624. The normalized spacial score (nSPS) is 20.4. The fourth-order valence-corrected chi connectivity index (χ4v) is 2.04. The van der Waals surface area contributed by atoms with Crippen molar-refractivity contribution in [3.8, 4) is 0 Å². The first kappa shape index (κ1) is 7.79. The molecule has 1 aliphatic rings. The monoisotopic (exact) mass is 188 g/mol. The molecule has 4 nitrogen and oxygen atoms in total. The number of rotatable bonds is 0. The Morgan fingerprint density at radius 3 is 3.14 bits per heavy atom. The summed E-state index contributed by atoms with van der Waals surface area (Å²) in [6.45, 7) is 3.22. The topological polar surface area (TPSA) is 34.0 Å². The van der Waals surface area contributed by atoms with Gasteiger partial charge >= 0.3 is 0 Å². The van der Waals surface area contributed by atoms with Crippen LogP contribution in [0.2, 0.25) is 0 Å². The molecule has 2 aromatic rings. The van der Waals surface area contributed by atoms with Gasteiger partial charge in [-0.25, -0.2) is 9.97 Å². The van der Waals surface area contributed by atoms with Crippen molar-refractivity contribution in [2.45, 2.75) is 19.5 Å². The van der Waals surface area contributed by atoms with Crippen LogP contribution in [0, 0.1) is 0 Å². The molecule has 0 aromatic carbocycles. The minimum absolute atomic E-state index is 0.494. The first-order chi connectivity index (χ1) is 6.77. The maximum Gasteiger partial charge on any atom is 0.156 e. The second-order valence-corrected chi connectivity index (χ2v) is 3.86. The average molecular weight is 188 g/mol. The number of hydrogen-bond acceptors (Lipinski definition) is 3. The van der Waals surface area contributed by atoms with Gasteiger partial charge in [0, 0.05) is 25.8 Å². The van der Waals surface area contributed by atoms with Crippen molar-refractivity contribution in [2.75, 3.05) is 11.9 Å². The SMILES string of the molecule is C[C@H]1Cn2ccc3ncnc(c32)N1C. The molecule has 0 radical (unpaired) electrons. The van der Waals surface area contributed by atoms with E-state index in [9.17, 15) is 0 Å². The summed E-state index contributed by atoms with van der Waals surface area (Å²) in [6.07, 6.45) is 3.73. The molecule has 1 aliphatic heterocycles. The van der Waals surface area contributed by atoms with Crippen LogP contribution in [0.25, 0.3) is 11.0 Å². The maximum absolute atomic E-state index is 4.34. The lowest BCUT2D eigenvalue weighted by Gasteiger charge is -2.31. The van der Waals surface area contributed by atoms with Crippen LogP contribution in [0.5, 0.6) is 0 Å². The van der Waals surface area contributed by atoms with Crippen molar-refractivity contribution in [2.24, 2.45) is 0 Å². The maximum atomic E-state index is 4.34. The van der Waals surface area contributed by atoms with E-state index < -0.39 is 0 Å². The Balaban J connectivity index is 2.39. The molecule has 0 bridgehead atoms. The van der Waals surface area contributed by atoms with E-state index in [1.54, 1.807) is 6.33 Å². The van der Waals surface area contributed by atoms with Crippen LogP contribution in [0.3, 0.4) is 0 Å². The smallest absolute Gasteiger partial charge is 0.156 e. The molecule has 1 atom stereocenters. The summed E-state index contributed by atoms with van der Waals surface area (Å²) in [6, 6.07) is 2.54. The highest BCUT2D eigenvalue weighted by Gasteiger charge is 2.22. The summed E-state index contributed by atoms with van der Waals surface area (Å²) < 4.78 is 2.23. The molecule has 3 rings (SSSR count). The lowest BCUT2D eigenvalue weighted by molar-refractivity contribution is 0.553. The van der Waals surface area contributed by atoms with Gasteiger partial charge in [0.05, 0.1) is 5.52 Å². The lowest BCUT2D eigenvalue weighted by atomic mass is 10.2. The highest BCUT2D eigenvalue weighted by atomic mass is 15.3. The van der Waals surface area contributed by atoms with E-state index in [-0.39, 0.29) is 0 Å². The van der Waals surface area contributed by atoms with Gasteiger partial charge in [-0.1, -0.05) is 0 Å². The van der Waals surface area contributed by atoms with E-state index >= 15 is 0 Å². The predicted molar refractivity (Wildman–Crippen MR) is 55.4 cm³/mol.